The molecule has 0 aliphatic heterocycles. The Labute approximate surface area is 119 Å². The Morgan fingerprint density at radius 2 is 1.71 bits per heavy atom. The molecule has 0 saturated carbocycles. The van der Waals surface area contributed by atoms with Crippen LogP contribution in [0.25, 0.3) is 0 Å². The fraction of sp³-hybridized carbons (Fsp3) is 0. The van der Waals surface area contributed by atoms with Crippen molar-refractivity contribution in [3.8, 4) is 11.5 Å². The number of phenolic OH excluding ortho intramolecular Hbond substituents is 2. The predicted octanol–water partition coefficient (Wildman–Crippen LogP) is 1.63. The number of carbonyl (C=O) groups excluding carboxylic acids is 1. The average molecular weight is 288 g/mol. The number of nitrogen functional groups attached to an aromatic ring is 1. The Hall–Kier alpha value is -3.22. The van der Waals surface area contributed by atoms with Gasteiger partial charge in [-0.05, 0) is 36.4 Å². The van der Waals surface area contributed by atoms with E-state index in [0.717, 1.165) is 12.1 Å². The largest absolute Gasteiger partial charge is 0.508 e. The third kappa shape index (κ3) is 3.03. The Morgan fingerprint density at radius 3 is 2.38 bits per heavy atom. The molecule has 0 aliphatic carbocycles. The minimum absolute atomic E-state index is 0.0319. The molecule has 2 aromatic carbocycles. The molecule has 1 amide bonds. The molecule has 7 nitrogen and oxygen atoms in total. The summed E-state index contributed by atoms with van der Waals surface area (Å²) in [5, 5.41) is 30.4. The fourth-order valence-corrected chi connectivity index (χ4v) is 1.74. The highest BCUT2D eigenvalue weighted by Crippen LogP contribution is 2.25. The molecule has 0 fully saturated rings. The van der Waals surface area contributed by atoms with Crippen LogP contribution in [0, 0.1) is 0 Å². The highest BCUT2D eigenvalue weighted by Gasteiger charge is 2.16. The van der Waals surface area contributed by atoms with Gasteiger partial charge in [0.1, 0.15) is 11.5 Å². The minimum Gasteiger partial charge on any atom is -0.508 e. The minimum atomic E-state index is -1.25. The fourth-order valence-electron chi connectivity index (χ4n) is 1.74. The van der Waals surface area contributed by atoms with Crippen LogP contribution in [-0.4, -0.2) is 27.2 Å². The number of carbonyl (C=O) groups is 2. The Balaban J connectivity index is 2.36. The van der Waals surface area contributed by atoms with Gasteiger partial charge in [0.2, 0.25) is 0 Å². The van der Waals surface area contributed by atoms with Crippen LogP contribution >= 0.6 is 0 Å². The molecular weight excluding hydrogens is 276 g/mol. The van der Waals surface area contributed by atoms with Crippen LogP contribution in [0.4, 0.5) is 11.4 Å². The van der Waals surface area contributed by atoms with Gasteiger partial charge in [0.25, 0.3) is 5.91 Å². The smallest absolute Gasteiger partial charge is 0.337 e. The predicted molar refractivity (Wildman–Crippen MR) is 75.5 cm³/mol. The van der Waals surface area contributed by atoms with Crippen LogP contribution in [0.15, 0.2) is 36.4 Å². The highest BCUT2D eigenvalue weighted by molar-refractivity contribution is 6.09. The molecule has 0 bridgehead atoms. The molecule has 2 rings (SSSR count). The zero-order chi connectivity index (χ0) is 15.6. The number of amides is 1. The summed E-state index contributed by atoms with van der Waals surface area (Å²) in [5.74, 6) is -2.54. The van der Waals surface area contributed by atoms with Gasteiger partial charge in [-0.1, -0.05) is 0 Å². The number of benzene rings is 2. The first-order chi connectivity index (χ1) is 9.88. The first-order valence-corrected chi connectivity index (χ1v) is 5.84. The van der Waals surface area contributed by atoms with E-state index in [2.05, 4.69) is 5.32 Å². The van der Waals surface area contributed by atoms with Crippen molar-refractivity contribution in [2.24, 2.45) is 0 Å². The summed E-state index contributed by atoms with van der Waals surface area (Å²) in [4.78, 5) is 23.2. The van der Waals surface area contributed by atoms with Crippen LogP contribution in [0.5, 0.6) is 11.5 Å². The van der Waals surface area contributed by atoms with Gasteiger partial charge in [0, 0.05) is 5.69 Å². The molecule has 0 atom stereocenters. The number of hydrogen-bond donors (Lipinski definition) is 5. The second-order valence-corrected chi connectivity index (χ2v) is 4.27. The Morgan fingerprint density at radius 1 is 1.00 bits per heavy atom. The molecule has 0 aliphatic rings. The maximum atomic E-state index is 12.0. The number of carboxylic acids is 1. The number of aromatic hydroxyl groups is 2. The Bertz CT molecular complexity index is 727. The zero-order valence-electron chi connectivity index (χ0n) is 10.7. The van der Waals surface area contributed by atoms with Crippen molar-refractivity contribution in [1.82, 2.24) is 0 Å². The van der Waals surface area contributed by atoms with Gasteiger partial charge in [-0.15, -0.1) is 0 Å². The van der Waals surface area contributed by atoms with E-state index in [-0.39, 0.29) is 34.0 Å². The molecule has 0 unspecified atom stereocenters. The number of phenols is 2. The van der Waals surface area contributed by atoms with E-state index in [1.165, 1.54) is 24.3 Å². The summed E-state index contributed by atoms with van der Waals surface area (Å²) in [7, 11) is 0. The van der Waals surface area contributed by atoms with Crippen LogP contribution in [0.2, 0.25) is 0 Å². The lowest BCUT2D eigenvalue weighted by Gasteiger charge is -2.10. The molecule has 0 spiro atoms. The van der Waals surface area contributed by atoms with Crippen molar-refractivity contribution in [3.63, 3.8) is 0 Å². The first kappa shape index (κ1) is 14.2. The number of aromatic carboxylic acids is 1. The molecule has 0 aromatic heterocycles. The molecule has 6 N–H and O–H groups in total. The summed E-state index contributed by atoms with van der Waals surface area (Å²) >= 11 is 0. The zero-order valence-corrected chi connectivity index (χ0v) is 10.7. The lowest BCUT2D eigenvalue weighted by atomic mass is 10.1. The monoisotopic (exact) mass is 288 g/mol. The van der Waals surface area contributed by atoms with Crippen LogP contribution < -0.4 is 11.1 Å². The summed E-state index contributed by atoms with van der Waals surface area (Å²) in [5.41, 5.74) is 5.42. The second-order valence-electron chi connectivity index (χ2n) is 4.27. The third-order valence-corrected chi connectivity index (χ3v) is 2.75. The van der Waals surface area contributed by atoms with E-state index in [1.54, 1.807) is 0 Å². The normalized spacial score (nSPS) is 10.1. The number of rotatable bonds is 3. The SMILES string of the molecule is Nc1ccc(NC(=O)c2cc(O)ccc2O)c(C(=O)O)c1. The molecule has 108 valence electrons. The van der Waals surface area contributed by atoms with Gasteiger partial charge in [-0.25, -0.2) is 4.79 Å². The van der Waals surface area contributed by atoms with Crippen LogP contribution in [0.1, 0.15) is 20.7 Å². The van der Waals surface area contributed by atoms with Gasteiger partial charge in [-0.3, -0.25) is 4.79 Å². The van der Waals surface area contributed by atoms with E-state index in [0.29, 0.717) is 0 Å². The van der Waals surface area contributed by atoms with Gasteiger partial charge < -0.3 is 26.4 Å². The van der Waals surface area contributed by atoms with Crippen molar-refractivity contribution in [2.75, 3.05) is 11.1 Å². The molecule has 2 aromatic rings. The lowest BCUT2D eigenvalue weighted by Crippen LogP contribution is -2.15. The van der Waals surface area contributed by atoms with E-state index >= 15 is 0 Å². The number of nitrogens with two attached hydrogens (primary N) is 1. The van der Waals surface area contributed by atoms with E-state index in [4.69, 9.17) is 10.8 Å². The lowest BCUT2D eigenvalue weighted by molar-refractivity contribution is 0.0698. The van der Waals surface area contributed by atoms with Crippen molar-refractivity contribution >= 4 is 23.3 Å². The summed E-state index contributed by atoms with van der Waals surface area (Å²) in [6, 6.07) is 7.44. The molecular formula is C14H12N2O5. The van der Waals surface area contributed by atoms with Gasteiger partial charge in [0.15, 0.2) is 0 Å². The number of hydrogen-bond acceptors (Lipinski definition) is 5. The van der Waals surface area contributed by atoms with Crippen LogP contribution in [0.3, 0.4) is 0 Å². The van der Waals surface area contributed by atoms with Gasteiger partial charge in [-0.2, -0.15) is 0 Å². The topological polar surface area (TPSA) is 133 Å². The van der Waals surface area contributed by atoms with E-state index < -0.39 is 11.9 Å². The molecule has 21 heavy (non-hydrogen) atoms. The van der Waals surface area contributed by atoms with Crippen molar-refractivity contribution < 1.29 is 24.9 Å². The Kier molecular flexibility index (Phi) is 3.66. The van der Waals surface area contributed by atoms with Crippen LogP contribution in [-0.2, 0) is 0 Å². The van der Waals surface area contributed by atoms with Crippen molar-refractivity contribution in [1.29, 1.82) is 0 Å². The molecule has 0 saturated heterocycles. The molecule has 0 radical (unpaired) electrons. The number of anilines is 2. The third-order valence-electron chi connectivity index (χ3n) is 2.75. The summed E-state index contributed by atoms with van der Waals surface area (Å²) in [6.07, 6.45) is 0. The number of carboxylic acid groups (broad SMARTS) is 1. The maximum Gasteiger partial charge on any atom is 0.337 e. The van der Waals surface area contributed by atoms with Gasteiger partial charge >= 0.3 is 5.97 Å². The maximum absolute atomic E-state index is 12.0. The molecule has 7 heteroatoms. The number of nitrogens with one attached hydrogen (secondary N) is 1. The van der Waals surface area contributed by atoms with E-state index in [1.807, 2.05) is 0 Å². The standard InChI is InChI=1S/C14H12N2O5/c15-7-1-3-11(9(5-7)14(20)21)16-13(19)10-6-8(17)2-4-12(10)18/h1-6,17-18H,15H2,(H,16,19)(H,20,21). The average Bonchev–Trinajstić information content (AvgIpc) is 2.43. The second kappa shape index (κ2) is 5.41. The highest BCUT2D eigenvalue weighted by atomic mass is 16.4. The van der Waals surface area contributed by atoms with Gasteiger partial charge in [0.05, 0.1) is 16.8 Å². The van der Waals surface area contributed by atoms with Crippen molar-refractivity contribution in [2.45, 2.75) is 0 Å². The summed E-state index contributed by atoms with van der Waals surface area (Å²) < 4.78 is 0. The van der Waals surface area contributed by atoms with Crippen molar-refractivity contribution in [3.05, 3.63) is 47.5 Å². The van der Waals surface area contributed by atoms with E-state index in [9.17, 15) is 19.8 Å². The molecule has 0 heterocycles. The summed E-state index contributed by atoms with van der Waals surface area (Å²) in [6.45, 7) is 0. The first-order valence-electron chi connectivity index (χ1n) is 5.84. The quantitative estimate of drug-likeness (QED) is 0.430.